The van der Waals surface area contributed by atoms with Gasteiger partial charge in [-0.3, -0.25) is 0 Å². The lowest BCUT2D eigenvalue weighted by molar-refractivity contribution is 0.611. The van der Waals surface area contributed by atoms with Crippen LogP contribution < -0.4 is 10.6 Å². The summed E-state index contributed by atoms with van der Waals surface area (Å²) in [5, 5.41) is 16.2. The molecule has 0 amide bonds. The molecule has 0 saturated carbocycles. The molecular weight excluding hydrogens is 446 g/mol. The fourth-order valence-corrected chi connectivity index (χ4v) is 5.01. The van der Waals surface area contributed by atoms with Gasteiger partial charge in [0, 0.05) is 16.7 Å². The number of nitriles is 1. The van der Waals surface area contributed by atoms with Crippen molar-refractivity contribution in [2.75, 3.05) is 13.1 Å². The number of rotatable bonds is 4. The number of H-pyrrole nitrogens is 2. The van der Waals surface area contributed by atoms with Crippen LogP contribution in [0.1, 0.15) is 59.8 Å². The summed E-state index contributed by atoms with van der Waals surface area (Å²) in [5.41, 5.74) is 7.62. The van der Waals surface area contributed by atoms with Crippen LogP contribution in [0.2, 0.25) is 0 Å². The first-order valence-electron chi connectivity index (χ1n) is 12.4. The molecule has 0 spiro atoms. The van der Waals surface area contributed by atoms with E-state index in [-0.39, 0.29) is 12.1 Å². The van der Waals surface area contributed by atoms with E-state index < -0.39 is 0 Å². The molecule has 2 aliphatic rings. The zero-order chi connectivity index (χ0) is 24.5. The molecule has 2 aromatic heterocycles. The van der Waals surface area contributed by atoms with E-state index in [4.69, 9.17) is 9.97 Å². The molecule has 2 fully saturated rings. The van der Waals surface area contributed by atoms with E-state index in [1.807, 2.05) is 42.5 Å². The maximum absolute atomic E-state index is 9.28. The second-order valence-corrected chi connectivity index (χ2v) is 9.41. The minimum absolute atomic E-state index is 0.0964. The number of hydrogen-bond acceptors (Lipinski definition) is 5. The summed E-state index contributed by atoms with van der Waals surface area (Å²) in [7, 11) is 0. The van der Waals surface area contributed by atoms with Gasteiger partial charge in [-0.25, -0.2) is 9.97 Å². The predicted molar refractivity (Wildman–Crippen MR) is 140 cm³/mol. The zero-order valence-electron chi connectivity index (χ0n) is 20.0. The molecule has 7 heteroatoms. The Morgan fingerprint density at radius 3 is 2.53 bits per heavy atom. The Morgan fingerprint density at radius 2 is 1.78 bits per heavy atom. The van der Waals surface area contributed by atoms with Crippen LogP contribution in [0, 0.1) is 23.2 Å². The minimum atomic E-state index is 0.0964. The van der Waals surface area contributed by atoms with Crippen LogP contribution in [0.3, 0.4) is 0 Å². The molecule has 2 unspecified atom stereocenters. The van der Waals surface area contributed by atoms with Crippen LogP contribution in [0.25, 0.3) is 22.3 Å². The van der Waals surface area contributed by atoms with Crippen molar-refractivity contribution in [2.45, 2.75) is 37.8 Å². The highest BCUT2D eigenvalue weighted by molar-refractivity contribution is 5.77. The van der Waals surface area contributed by atoms with E-state index in [1.165, 1.54) is 5.57 Å². The van der Waals surface area contributed by atoms with Gasteiger partial charge in [0.25, 0.3) is 0 Å². The molecule has 4 heterocycles. The normalized spacial score (nSPS) is 19.4. The van der Waals surface area contributed by atoms with Gasteiger partial charge in [-0.15, -0.1) is 0 Å². The third-order valence-corrected chi connectivity index (χ3v) is 6.93. The summed E-state index contributed by atoms with van der Waals surface area (Å²) in [6.07, 6.45) is 3.49. The van der Waals surface area contributed by atoms with Crippen molar-refractivity contribution in [3.8, 4) is 29.2 Å². The molecule has 6 rings (SSSR count). The van der Waals surface area contributed by atoms with E-state index in [0.29, 0.717) is 6.42 Å². The summed E-state index contributed by atoms with van der Waals surface area (Å²) in [6, 6.07) is 16.7. The lowest BCUT2D eigenvalue weighted by Crippen LogP contribution is -2.14. The number of hydrogen-bond donors (Lipinski definition) is 4. The first-order chi connectivity index (χ1) is 17.7. The number of benzene rings is 2. The maximum atomic E-state index is 9.28. The molecule has 0 aliphatic carbocycles. The van der Waals surface area contributed by atoms with E-state index in [2.05, 4.69) is 45.1 Å². The zero-order valence-corrected chi connectivity index (χ0v) is 20.0. The van der Waals surface area contributed by atoms with Crippen LogP contribution in [0.4, 0.5) is 0 Å². The number of nitrogens with one attached hydrogen (secondary N) is 4. The number of nitrogens with zero attached hydrogens (tertiary/aromatic N) is 3. The van der Waals surface area contributed by atoms with Crippen molar-refractivity contribution in [3.05, 3.63) is 83.1 Å². The van der Waals surface area contributed by atoms with Crippen LogP contribution >= 0.6 is 0 Å². The van der Waals surface area contributed by atoms with Gasteiger partial charge in [0.05, 0.1) is 47.0 Å². The molecule has 0 radical (unpaired) electrons. The first-order valence-corrected chi connectivity index (χ1v) is 12.4. The number of imidazole rings is 2. The molecule has 4 aromatic rings. The van der Waals surface area contributed by atoms with Crippen LogP contribution in [-0.2, 0) is 6.42 Å². The molecule has 4 N–H and O–H groups in total. The standard InChI is InChI=1S/C29H27N7/c1-18-13-16-32-26(18)29-33-22-11-8-20(17-25(22)35-29)5-4-19-6-9-21(10-7-19)27-23(12-14-30)34-28(36-27)24-3-2-15-31-24/h6-11,17,24,26,31-32H,1-3,12-13,15-16H2,(H,33,35)(H,34,36). The Hall–Kier alpha value is -4.17. The molecule has 178 valence electrons. The average Bonchev–Trinajstić information content (AvgIpc) is 3.69. The third kappa shape index (κ3) is 4.31. The summed E-state index contributed by atoms with van der Waals surface area (Å²) in [4.78, 5) is 16.4. The fourth-order valence-electron chi connectivity index (χ4n) is 5.01. The van der Waals surface area contributed by atoms with Crippen LogP contribution in [0.15, 0.2) is 54.6 Å². The highest BCUT2D eigenvalue weighted by Gasteiger charge is 2.23. The van der Waals surface area contributed by atoms with E-state index in [0.717, 1.165) is 83.1 Å². The van der Waals surface area contributed by atoms with Gasteiger partial charge < -0.3 is 20.6 Å². The number of aromatic amines is 2. The van der Waals surface area contributed by atoms with Gasteiger partial charge in [0.15, 0.2) is 0 Å². The van der Waals surface area contributed by atoms with Gasteiger partial charge in [-0.05, 0) is 62.7 Å². The van der Waals surface area contributed by atoms with Gasteiger partial charge in [-0.2, -0.15) is 5.26 Å². The maximum Gasteiger partial charge on any atom is 0.128 e. The molecule has 2 atom stereocenters. The first kappa shape index (κ1) is 22.3. The second-order valence-electron chi connectivity index (χ2n) is 9.41. The van der Waals surface area contributed by atoms with Gasteiger partial charge in [-0.1, -0.05) is 36.1 Å². The summed E-state index contributed by atoms with van der Waals surface area (Å²) in [6.45, 7) is 6.10. The molecule has 36 heavy (non-hydrogen) atoms. The number of aromatic nitrogens is 4. The smallest absolute Gasteiger partial charge is 0.128 e. The molecule has 2 saturated heterocycles. The fraction of sp³-hybridized carbons (Fsp3) is 0.276. The Kier molecular flexibility index (Phi) is 5.87. The monoisotopic (exact) mass is 473 g/mol. The van der Waals surface area contributed by atoms with Crippen molar-refractivity contribution in [3.63, 3.8) is 0 Å². The molecule has 2 aliphatic heterocycles. The summed E-state index contributed by atoms with van der Waals surface area (Å²) < 4.78 is 0. The van der Waals surface area contributed by atoms with Crippen molar-refractivity contribution in [1.29, 1.82) is 5.26 Å². The number of fused-ring (bicyclic) bond motifs is 1. The predicted octanol–water partition coefficient (Wildman–Crippen LogP) is 4.43. The summed E-state index contributed by atoms with van der Waals surface area (Å²) >= 11 is 0. The quantitative estimate of drug-likeness (QED) is 0.259. The van der Waals surface area contributed by atoms with Gasteiger partial charge in [0.1, 0.15) is 11.6 Å². The Balaban J connectivity index is 1.22. The van der Waals surface area contributed by atoms with E-state index in [9.17, 15) is 5.26 Å². The lowest BCUT2D eigenvalue weighted by atomic mass is 10.1. The minimum Gasteiger partial charge on any atom is -0.343 e. The van der Waals surface area contributed by atoms with Crippen molar-refractivity contribution >= 4 is 11.0 Å². The van der Waals surface area contributed by atoms with Crippen molar-refractivity contribution in [1.82, 2.24) is 30.6 Å². The molecule has 0 bridgehead atoms. The highest BCUT2D eigenvalue weighted by atomic mass is 15.1. The van der Waals surface area contributed by atoms with Crippen LogP contribution in [-0.4, -0.2) is 33.0 Å². The Morgan fingerprint density at radius 1 is 0.944 bits per heavy atom. The van der Waals surface area contributed by atoms with Gasteiger partial charge >= 0.3 is 0 Å². The molecule has 7 nitrogen and oxygen atoms in total. The van der Waals surface area contributed by atoms with Crippen LogP contribution in [0.5, 0.6) is 0 Å². The second kappa shape index (κ2) is 9.47. The lowest BCUT2D eigenvalue weighted by Gasteiger charge is -2.07. The molecular formula is C29H27N7. The van der Waals surface area contributed by atoms with Crippen molar-refractivity contribution < 1.29 is 0 Å². The highest BCUT2D eigenvalue weighted by Crippen LogP contribution is 2.29. The SMILES string of the molecule is C=C1CCNC1c1nc2ccc(C#Cc3ccc(-c4nc(C5CCCN5)[nH]c4CC#N)cc3)cc2[nH]1. The largest absolute Gasteiger partial charge is 0.343 e. The molecule has 2 aromatic carbocycles. The van der Waals surface area contributed by atoms with E-state index in [1.54, 1.807) is 0 Å². The average molecular weight is 474 g/mol. The van der Waals surface area contributed by atoms with E-state index >= 15 is 0 Å². The summed E-state index contributed by atoms with van der Waals surface area (Å²) in [5.74, 6) is 8.36. The third-order valence-electron chi connectivity index (χ3n) is 6.93. The Labute approximate surface area is 210 Å². The van der Waals surface area contributed by atoms with Crippen molar-refractivity contribution in [2.24, 2.45) is 0 Å². The topological polar surface area (TPSA) is 105 Å². The van der Waals surface area contributed by atoms with Gasteiger partial charge in [0.2, 0.25) is 0 Å². The Bertz CT molecular complexity index is 1530.